The van der Waals surface area contributed by atoms with Crippen LogP contribution in [0.5, 0.6) is 5.75 Å². The number of para-hydroxylation sites is 1. The first-order chi connectivity index (χ1) is 9.13. The number of benzene rings is 2. The van der Waals surface area contributed by atoms with Crippen LogP contribution in [0.1, 0.15) is 28.4 Å². The standard InChI is InChI=1S/C17H20O2/c1-12-7-6-8-13(2)17(12)15(18)11-14-9-4-5-10-16(14)19-3/h4-10,15,18H,11H2,1-3H3. The molecule has 0 saturated carbocycles. The maximum Gasteiger partial charge on any atom is 0.122 e. The minimum atomic E-state index is -0.502. The van der Waals surface area contributed by atoms with Crippen LogP contribution >= 0.6 is 0 Å². The average molecular weight is 256 g/mol. The molecule has 0 aliphatic rings. The van der Waals surface area contributed by atoms with Gasteiger partial charge in [0.25, 0.3) is 0 Å². The van der Waals surface area contributed by atoms with Gasteiger partial charge in [0.1, 0.15) is 5.75 Å². The van der Waals surface area contributed by atoms with Crippen LogP contribution < -0.4 is 4.74 Å². The number of rotatable bonds is 4. The molecule has 1 N–H and O–H groups in total. The lowest BCUT2D eigenvalue weighted by atomic mass is 9.93. The lowest BCUT2D eigenvalue weighted by molar-refractivity contribution is 0.176. The van der Waals surface area contributed by atoms with E-state index in [4.69, 9.17) is 4.74 Å². The molecule has 0 heterocycles. The average Bonchev–Trinajstić information content (AvgIpc) is 2.39. The van der Waals surface area contributed by atoms with Crippen LogP contribution in [0, 0.1) is 13.8 Å². The van der Waals surface area contributed by atoms with Crippen LogP contribution in [-0.2, 0) is 6.42 Å². The summed E-state index contributed by atoms with van der Waals surface area (Å²) in [5, 5.41) is 10.5. The number of ether oxygens (including phenoxy) is 1. The summed E-state index contributed by atoms with van der Waals surface area (Å²) in [5.74, 6) is 0.827. The predicted octanol–water partition coefficient (Wildman–Crippen LogP) is 3.59. The molecule has 2 nitrogen and oxygen atoms in total. The van der Waals surface area contributed by atoms with E-state index in [0.717, 1.165) is 28.0 Å². The highest BCUT2D eigenvalue weighted by molar-refractivity contribution is 5.39. The topological polar surface area (TPSA) is 29.5 Å². The van der Waals surface area contributed by atoms with E-state index in [1.54, 1.807) is 7.11 Å². The second-order valence-corrected chi connectivity index (χ2v) is 4.84. The molecule has 1 atom stereocenters. The molecule has 100 valence electrons. The van der Waals surface area contributed by atoms with Crippen LogP contribution in [0.25, 0.3) is 0 Å². The number of hydrogen-bond donors (Lipinski definition) is 1. The molecule has 2 rings (SSSR count). The van der Waals surface area contributed by atoms with E-state index >= 15 is 0 Å². The molecular formula is C17H20O2. The SMILES string of the molecule is COc1ccccc1CC(O)c1c(C)cccc1C. The molecular weight excluding hydrogens is 236 g/mol. The molecule has 1 unspecified atom stereocenters. The molecule has 0 aliphatic heterocycles. The van der Waals surface area contributed by atoms with Crippen molar-refractivity contribution < 1.29 is 9.84 Å². The summed E-state index contributed by atoms with van der Waals surface area (Å²) >= 11 is 0. The van der Waals surface area contributed by atoms with Crippen molar-refractivity contribution in [3.05, 3.63) is 64.7 Å². The summed E-state index contributed by atoms with van der Waals surface area (Å²) in [4.78, 5) is 0. The van der Waals surface area contributed by atoms with Crippen molar-refractivity contribution in [1.82, 2.24) is 0 Å². The van der Waals surface area contributed by atoms with Gasteiger partial charge in [0, 0.05) is 6.42 Å². The zero-order chi connectivity index (χ0) is 13.8. The van der Waals surface area contributed by atoms with E-state index in [0.29, 0.717) is 6.42 Å². The van der Waals surface area contributed by atoms with Gasteiger partial charge < -0.3 is 9.84 Å². The fourth-order valence-corrected chi connectivity index (χ4v) is 2.53. The number of hydrogen-bond acceptors (Lipinski definition) is 2. The summed E-state index contributed by atoms with van der Waals surface area (Å²) in [6.07, 6.45) is 0.0629. The van der Waals surface area contributed by atoms with Gasteiger partial charge >= 0.3 is 0 Å². The van der Waals surface area contributed by atoms with Gasteiger partial charge in [-0.15, -0.1) is 0 Å². The first-order valence-electron chi connectivity index (χ1n) is 6.49. The van der Waals surface area contributed by atoms with Gasteiger partial charge in [0.2, 0.25) is 0 Å². The number of methoxy groups -OCH3 is 1. The van der Waals surface area contributed by atoms with E-state index in [1.807, 2.05) is 56.3 Å². The first kappa shape index (κ1) is 13.6. The van der Waals surface area contributed by atoms with Gasteiger partial charge in [-0.25, -0.2) is 0 Å². The third-order valence-corrected chi connectivity index (χ3v) is 3.48. The van der Waals surface area contributed by atoms with E-state index in [9.17, 15) is 5.11 Å². The zero-order valence-electron chi connectivity index (χ0n) is 11.7. The number of aliphatic hydroxyl groups excluding tert-OH is 1. The molecule has 0 fully saturated rings. The maximum absolute atomic E-state index is 10.5. The van der Waals surface area contributed by atoms with Crippen molar-refractivity contribution in [3.63, 3.8) is 0 Å². The molecule has 0 aliphatic carbocycles. The molecule has 2 aromatic carbocycles. The van der Waals surface area contributed by atoms with Crippen molar-refractivity contribution in [2.75, 3.05) is 7.11 Å². The first-order valence-corrected chi connectivity index (χ1v) is 6.49. The summed E-state index contributed by atoms with van der Waals surface area (Å²) in [7, 11) is 1.66. The van der Waals surface area contributed by atoms with Gasteiger partial charge in [-0.05, 0) is 42.2 Å². The van der Waals surface area contributed by atoms with Gasteiger partial charge in [-0.2, -0.15) is 0 Å². The second-order valence-electron chi connectivity index (χ2n) is 4.84. The van der Waals surface area contributed by atoms with Crippen molar-refractivity contribution >= 4 is 0 Å². The van der Waals surface area contributed by atoms with Gasteiger partial charge in [0.15, 0.2) is 0 Å². The quantitative estimate of drug-likeness (QED) is 0.906. The van der Waals surface area contributed by atoms with Crippen LogP contribution in [0.15, 0.2) is 42.5 Å². The van der Waals surface area contributed by atoms with E-state index in [-0.39, 0.29) is 0 Å². The number of aliphatic hydroxyl groups is 1. The maximum atomic E-state index is 10.5. The highest BCUT2D eigenvalue weighted by atomic mass is 16.5. The molecule has 0 spiro atoms. The third-order valence-electron chi connectivity index (χ3n) is 3.48. The van der Waals surface area contributed by atoms with Gasteiger partial charge in [-0.1, -0.05) is 36.4 Å². The molecule has 0 bridgehead atoms. The van der Waals surface area contributed by atoms with Crippen molar-refractivity contribution in [1.29, 1.82) is 0 Å². The summed E-state index contributed by atoms with van der Waals surface area (Å²) < 4.78 is 5.33. The van der Waals surface area contributed by atoms with E-state index < -0.39 is 6.10 Å². The predicted molar refractivity (Wildman–Crippen MR) is 77.6 cm³/mol. The largest absolute Gasteiger partial charge is 0.496 e. The van der Waals surface area contributed by atoms with Crippen LogP contribution in [0.2, 0.25) is 0 Å². The van der Waals surface area contributed by atoms with Crippen molar-refractivity contribution in [3.8, 4) is 5.75 Å². The Hall–Kier alpha value is -1.80. The molecule has 0 aromatic heterocycles. The van der Waals surface area contributed by atoms with E-state index in [2.05, 4.69) is 0 Å². The fourth-order valence-electron chi connectivity index (χ4n) is 2.53. The Morgan fingerprint density at radius 2 is 1.63 bits per heavy atom. The molecule has 0 amide bonds. The molecule has 19 heavy (non-hydrogen) atoms. The summed E-state index contributed by atoms with van der Waals surface area (Å²) in [5.41, 5.74) is 4.30. The normalized spacial score (nSPS) is 12.2. The lowest BCUT2D eigenvalue weighted by Gasteiger charge is -2.18. The van der Waals surface area contributed by atoms with Crippen LogP contribution in [0.4, 0.5) is 0 Å². The monoisotopic (exact) mass is 256 g/mol. The minimum absolute atomic E-state index is 0.502. The van der Waals surface area contributed by atoms with Gasteiger partial charge in [-0.3, -0.25) is 0 Å². The Bertz CT molecular complexity index is 541. The lowest BCUT2D eigenvalue weighted by Crippen LogP contribution is -2.07. The Kier molecular flexibility index (Phi) is 4.23. The van der Waals surface area contributed by atoms with Gasteiger partial charge in [0.05, 0.1) is 13.2 Å². The fraction of sp³-hybridized carbons (Fsp3) is 0.294. The third kappa shape index (κ3) is 2.96. The Labute approximate surface area is 114 Å². The molecule has 0 radical (unpaired) electrons. The smallest absolute Gasteiger partial charge is 0.122 e. The molecule has 2 aromatic rings. The zero-order valence-corrected chi connectivity index (χ0v) is 11.7. The van der Waals surface area contributed by atoms with Crippen LogP contribution in [-0.4, -0.2) is 12.2 Å². The summed E-state index contributed by atoms with van der Waals surface area (Å²) in [6, 6.07) is 13.9. The van der Waals surface area contributed by atoms with E-state index in [1.165, 1.54) is 0 Å². The number of aryl methyl sites for hydroxylation is 2. The Morgan fingerprint density at radius 1 is 1.00 bits per heavy atom. The molecule has 0 saturated heterocycles. The highest BCUT2D eigenvalue weighted by Gasteiger charge is 2.15. The molecule has 2 heteroatoms. The van der Waals surface area contributed by atoms with Crippen molar-refractivity contribution in [2.24, 2.45) is 0 Å². The summed E-state index contributed by atoms with van der Waals surface area (Å²) in [6.45, 7) is 4.07. The highest BCUT2D eigenvalue weighted by Crippen LogP contribution is 2.28. The van der Waals surface area contributed by atoms with Crippen molar-refractivity contribution in [2.45, 2.75) is 26.4 Å². The van der Waals surface area contributed by atoms with Crippen LogP contribution in [0.3, 0.4) is 0 Å². The second kappa shape index (κ2) is 5.89. The minimum Gasteiger partial charge on any atom is -0.496 e. The Morgan fingerprint density at radius 3 is 2.26 bits per heavy atom. The Balaban J connectivity index is 2.28.